The molecule has 0 saturated carbocycles. The molecule has 0 spiro atoms. The molecule has 0 radical (unpaired) electrons. The van der Waals surface area contributed by atoms with Crippen molar-refractivity contribution < 1.29 is 14.2 Å². The van der Waals surface area contributed by atoms with Crippen LogP contribution < -0.4 is 0 Å². The molecule has 0 N–H and O–H groups in total. The summed E-state index contributed by atoms with van der Waals surface area (Å²) in [7, 11) is 0. The summed E-state index contributed by atoms with van der Waals surface area (Å²) in [5.41, 5.74) is 0. The standard InChI is InChI=1S/C8H14Cl4O3/c1-2-13-8(7(11)12,14-5-3-9)15-6-4-10/h7H,2-6H2,1H3. The molecule has 0 aromatic rings. The summed E-state index contributed by atoms with van der Waals surface area (Å²) in [6.07, 6.45) is 0. The van der Waals surface area contributed by atoms with Gasteiger partial charge < -0.3 is 14.2 Å². The van der Waals surface area contributed by atoms with Crippen LogP contribution in [0.4, 0.5) is 0 Å². The molecule has 92 valence electrons. The van der Waals surface area contributed by atoms with Gasteiger partial charge in [0.25, 0.3) is 0 Å². The molecule has 3 nitrogen and oxygen atoms in total. The maximum atomic E-state index is 5.76. The van der Waals surface area contributed by atoms with Crippen LogP contribution in [0.3, 0.4) is 0 Å². The van der Waals surface area contributed by atoms with E-state index in [0.29, 0.717) is 18.4 Å². The third-order valence-corrected chi connectivity index (χ3v) is 2.22. The second kappa shape index (κ2) is 9.11. The topological polar surface area (TPSA) is 27.7 Å². The summed E-state index contributed by atoms with van der Waals surface area (Å²) in [5, 5.41) is 0. The van der Waals surface area contributed by atoms with E-state index in [0.717, 1.165) is 0 Å². The van der Waals surface area contributed by atoms with Crippen LogP contribution in [0.1, 0.15) is 6.92 Å². The van der Waals surface area contributed by atoms with Crippen LogP contribution in [0.25, 0.3) is 0 Å². The van der Waals surface area contributed by atoms with Gasteiger partial charge in [-0.3, -0.25) is 0 Å². The maximum absolute atomic E-state index is 5.76. The molecule has 0 rings (SSSR count). The summed E-state index contributed by atoms with van der Waals surface area (Å²) in [6, 6.07) is 0. The van der Waals surface area contributed by atoms with Crippen molar-refractivity contribution in [3.63, 3.8) is 0 Å². The second-order valence-electron chi connectivity index (χ2n) is 2.41. The van der Waals surface area contributed by atoms with E-state index in [2.05, 4.69) is 0 Å². The molecule has 0 aromatic heterocycles. The van der Waals surface area contributed by atoms with Crippen molar-refractivity contribution in [2.24, 2.45) is 0 Å². The lowest BCUT2D eigenvalue weighted by Crippen LogP contribution is -2.46. The van der Waals surface area contributed by atoms with Crippen LogP contribution in [0.5, 0.6) is 0 Å². The smallest absolute Gasteiger partial charge is 0.315 e. The normalized spacial score (nSPS) is 12.4. The fourth-order valence-electron chi connectivity index (χ4n) is 0.877. The SMILES string of the molecule is CCOC(OCCCl)(OCCCl)C(Cl)Cl. The number of rotatable bonds is 9. The molecule has 0 amide bonds. The number of hydrogen-bond acceptors (Lipinski definition) is 3. The fraction of sp³-hybridized carbons (Fsp3) is 1.00. The molecule has 0 aromatic carbocycles. The van der Waals surface area contributed by atoms with E-state index in [4.69, 9.17) is 60.6 Å². The lowest BCUT2D eigenvalue weighted by molar-refractivity contribution is -0.368. The Kier molecular flexibility index (Phi) is 9.74. The van der Waals surface area contributed by atoms with E-state index in [-0.39, 0.29) is 13.2 Å². The second-order valence-corrected chi connectivity index (χ2v) is 4.26. The zero-order chi connectivity index (χ0) is 11.7. The van der Waals surface area contributed by atoms with Gasteiger partial charge in [0.2, 0.25) is 0 Å². The van der Waals surface area contributed by atoms with Gasteiger partial charge in [-0.2, -0.15) is 0 Å². The van der Waals surface area contributed by atoms with Gasteiger partial charge in [-0.25, -0.2) is 0 Å². The minimum Gasteiger partial charge on any atom is -0.326 e. The molecule has 0 heterocycles. The lowest BCUT2D eigenvalue weighted by atomic mass is 10.6. The molecule has 0 aliphatic carbocycles. The highest BCUT2D eigenvalue weighted by molar-refractivity contribution is 6.44. The summed E-state index contributed by atoms with van der Waals surface area (Å²) in [6.45, 7) is 2.57. The molecule has 0 bridgehead atoms. The summed E-state index contributed by atoms with van der Waals surface area (Å²) < 4.78 is 15.8. The van der Waals surface area contributed by atoms with Gasteiger partial charge in [0, 0.05) is 18.4 Å². The number of alkyl halides is 4. The Balaban J connectivity index is 4.41. The van der Waals surface area contributed by atoms with E-state index < -0.39 is 10.8 Å². The average molecular weight is 300 g/mol. The zero-order valence-electron chi connectivity index (χ0n) is 8.35. The first kappa shape index (κ1) is 16.0. The minimum absolute atomic E-state index is 0.222. The van der Waals surface area contributed by atoms with Crippen LogP contribution in [0.2, 0.25) is 0 Å². The van der Waals surface area contributed by atoms with Crippen molar-refractivity contribution >= 4 is 46.4 Å². The first-order valence-electron chi connectivity index (χ1n) is 4.45. The van der Waals surface area contributed by atoms with E-state index >= 15 is 0 Å². The molecule has 0 aliphatic heterocycles. The molecule has 15 heavy (non-hydrogen) atoms. The van der Waals surface area contributed by atoms with Gasteiger partial charge in [0.1, 0.15) is 0 Å². The predicted molar refractivity (Wildman–Crippen MR) is 63.2 cm³/mol. The van der Waals surface area contributed by atoms with Crippen molar-refractivity contribution in [1.29, 1.82) is 0 Å². The minimum atomic E-state index is -1.48. The number of ether oxygens (including phenoxy) is 3. The van der Waals surface area contributed by atoms with Crippen LogP contribution in [0.15, 0.2) is 0 Å². The maximum Gasteiger partial charge on any atom is 0.315 e. The highest BCUT2D eigenvalue weighted by atomic mass is 35.5. The molecule has 0 fully saturated rings. The fourth-order valence-corrected chi connectivity index (χ4v) is 1.41. The predicted octanol–water partition coefficient (Wildman–Crippen LogP) is 2.99. The molecule has 0 aliphatic rings. The zero-order valence-corrected chi connectivity index (χ0v) is 11.4. The van der Waals surface area contributed by atoms with E-state index in [1.165, 1.54) is 0 Å². The largest absolute Gasteiger partial charge is 0.326 e. The van der Waals surface area contributed by atoms with Crippen molar-refractivity contribution in [2.75, 3.05) is 31.6 Å². The molecular weight excluding hydrogens is 286 g/mol. The van der Waals surface area contributed by atoms with Crippen LogP contribution in [-0.2, 0) is 14.2 Å². The first-order valence-corrected chi connectivity index (χ1v) is 6.39. The van der Waals surface area contributed by atoms with Crippen molar-refractivity contribution in [1.82, 2.24) is 0 Å². The number of hydrogen-bond donors (Lipinski definition) is 0. The van der Waals surface area contributed by atoms with E-state index in [9.17, 15) is 0 Å². The third kappa shape index (κ3) is 5.78. The molecule has 0 unspecified atom stereocenters. The Morgan fingerprint density at radius 3 is 1.73 bits per heavy atom. The summed E-state index contributed by atoms with van der Waals surface area (Å²) in [4.78, 5) is -0.983. The monoisotopic (exact) mass is 298 g/mol. The lowest BCUT2D eigenvalue weighted by Gasteiger charge is -2.33. The Morgan fingerprint density at radius 2 is 1.47 bits per heavy atom. The van der Waals surface area contributed by atoms with Crippen LogP contribution in [-0.4, -0.2) is 42.4 Å². The Labute approximate surface area is 110 Å². The Bertz CT molecular complexity index is 149. The van der Waals surface area contributed by atoms with Gasteiger partial charge in [-0.1, -0.05) is 23.2 Å². The van der Waals surface area contributed by atoms with E-state index in [1.807, 2.05) is 0 Å². The highest BCUT2D eigenvalue weighted by Crippen LogP contribution is 2.28. The Hall–Kier alpha value is 1.04. The Morgan fingerprint density at radius 1 is 1.00 bits per heavy atom. The van der Waals surface area contributed by atoms with Gasteiger partial charge >= 0.3 is 5.97 Å². The van der Waals surface area contributed by atoms with Gasteiger partial charge in [0.15, 0.2) is 4.84 Å². The average Bonchev–Trinajstić information content (AvgIpc) is 2.22. The van der Waals surface area contributed by atoms with Crippen molar-refractivity contribution in [2.45, 2.75) is 17.7 Å². The van der Waals surface area contributed by atoms with Crippen LogP contribution >= 0.6 is 46.4 Å². The quantitative estimate of drug-likeness (QED) is 0.484. The summed E-state index contributed by atoms with van der Waals surface area (Å²) >= 11 is 22.5. The number of halogens is 4. The molecule has 0 atom stereocenters. The van der Waals surface area contributed by atoms with Gasteiger partial charge in [-0.15, -0.1) is 23.2 Å². The van der Waals surface area contributed by atoms with Gasteiger partial charge in [-0.05, 0) is 6.92 Å². The summed E-state index contributed by atoms with van der Waals surface area (Å²) in [5.74, 6) is -0.902. The van der Waals surface area contributed by atoms with Crippen LogP contribution in [0, 0.1) is 0 Å². The van der Waals surface area contributed by atoms with Crippen molar-refractivity contribution in [3.8, 4) is 0 Å². The third-order valence-electron chi connectivity index (χ3n) is 1.37. The highest BCUT2D eigenvalue weighted by Gasteiger charge is 2.40. The molecular formula is C8H14Cl4O3. The molecule has 0 saturated heterocycles. The molecule has 7 heteroatoms. The van der Waals surface area contributed by atoms with Crippen molar-refractivity contribution in [3.05, 3.63) is 0 Å². The first-order chi connectivity index (χ1) is 7.13. The van der Waals surface area contributed by atoms with Gasteiger partial charge in [0.05, 0.1) is 13.2 Å². The van der Waals surface area contributed by atoms with E-state index in [1.54, 1.807) is 6.92 Å².